The van der Waals surface area contributed by atoms with Gasteiger partial charge in [0.05, 0.1) is 34.5 Å². The third kappa shape index (κ3) is 5.84. The molecule has 1 saturated heterocycles. The lowest BCUT2D eigenvalue weighted by atomic mass is 10.0. The molecule has 10 nitrogen and oxygen atoms in total. The first-order valence-electron chi connectivity index (χ1n) is 13.2. The topological polar surface area (TPSA) is 134 Å². The summed E-state index contributed by atoms with van der Waals surface area (Å²) in [6.07, 6.45) is 3.17. The van der Waals surface area contributed by atoms with Crippen molar-refractivity contribution < 1.29 is 23.1 Å². The number of nitrogens with one attached hydrogen (secondary N) is 2. The zero-order valence-electron chi connectivity index (χ0n) is 22.3. The number of benzene rings is 2. The van der Waals surface area contributed by atoms with Crippen LogP contribution in [0.2, 0.25) is 5.02 Å². The molecule has 3 aromatic rings. The predicted octanol–water partition coefficient (Wildman–Crippen LogP) is 3.44. The van der Waals surface area contributed by atoms with E-state index in [1.165, 1.54) is 10.5 Å². The van der Waals surface area contributed by atoms with E-state index in [4.69, 9.17) is 16.3 Å². The largest absolute Gasteiger partial charge is 0.394 e. The predicted molar refractivity (Wildman–Crippen MR) is 151 cm³/mol. The lowest BCUT2D eigenvalue weighted by Gasteiger charge is -2.25. The summed E-state index contributed by atoms with van der Waals surface area (Å²) in [5.41, 5.74) is 3.25. The van der Waals surface area contributed by atoms with Crippen molar-refractivity contribution in [3.63, 3.8) is 0 Å². The molecule has 212 valence electrons. The van der Waals surface area contributed by atoms with Gasteiger partial charge < -0.3 is 20.5 Å². The molecule has 0 spiro atoms. The van der Waals surface area contributed by atoms with Crippen LogP contribution in [-0.2, 0) is 26.1 Å². The van der Waals surface area contributed by atoms with Gasteiger partial charge in [0.15, 0.2) is 0 Å². The van der Waals surface area contributed by atoms with Crippen LogP contribution in [0.1, 0.15) is 42.5 Å². The molecule has 0 aliphatic carbocycles. The van der Waals surface area contributed by atoms with Crippen molar-refractivity contribution in [3.05, 3.63) is 70.4 Å². The quantitative estimate of drug-likeness (QED) is 0.366. The molecule has 40 heavy (non-hydrogen) atoms. The van der Waals surface area contributed by atoms with E-state index in [9.17, 15) is 18.3 Å². The van der Waals surface area contributed by atoms with Crippen LogP contribution in [-0.4, -0.2) is 65.6 Å². The van der Waals surface area contributed by atoms with Crippen LogP contribution in [0.5, 0.6) is 0 Å². The normalized spacial score (nSPS) is 18.6. The van der Waals surface area contributed by atoms with Crippen LogP contribution in [0.25, 0.3) is 11.3 Å². The third-order valence-corrected chi connectivity index (χ3v) is 9.58. The van der Waals surface area contributed by atoms with E-state index in [-0.39, 0.29) is 24.1 Å². The number of carbonyl (C=O) groups excluding carboxylic acids is 1. The van der Waals surface area contributed by atoms with Crippen molar-refractivity contribution in [2.75, 3.05) is 25.1 Å². The van der Waals surface area contributed by atoms with E-state index >= 15 is 0 Å². The van der Waals surface area contributed by atoms with Gasteiger partial charge in [-0.1, -0.05) is 53.6 Å². The lowest BCUT2D eigenvalue weighted by molar-refractivity contribution is -0.125. The number of hydrogen-bond acceptors (Lipinski definition) is 8. The summed E-state index contributed by atoms with van der Waals surface area (Å²) in [5, 5.41) is 16.3. The summed E-state index contributed by atoms with van der Waals surface area (Å²) in [5.74, 6) is -0.0894. The second-order valence-electron chi connectivity index (χ2n) is 10.1. The van der Waals surface area contributed by atoms with Gasteiger partial charge in [0.25, 0.3) is 0 Å². The highest BCUT2D eigenvalue weighted by Gasteiger charge is 2.41. The molecule has 2 aliphatic rings. The summed E-state index contributed by atoms with van der Waals surface area (Å²) in [6, 6.07) is 11.0. The van der Waals surface area contributed by atoms with Crippen molar-refractivity contribution >= 4 is 33.5 Å². The zero-order valence-corrected chi connectivity index (χ0v) is 23.9. The van der Waals surface area contributed by atoms with Gasteiger partial charge in [0.2, 0.25) is 21.9 Å². The number of amides is 1. The molecule has 3 N–H and O–H groups in total. The number of aryl methyl sites for hydroxylation is 1. The molecule has 3 heterocycles. The Morgan fingerprint density at radius 3 is 2.73 bits per heavy atom. The SMILES string of the molecule is Cc1cccc([C@@H](CO)NC(=O)[C@@H](C)N2Cc3ccc(-c4nc(NC5CCOCC5)ncc4Cl)cc3S2(=O)=O)c1. The van der Waals surface area contributed by atoms with Crippen LogP contribution in [0.3, 0.4) is 0 Å². The van der Waals surface area contributed by atoms with Crippen molar-refractivity contribution in [3.8, 4) is 11.3 Å². The third-order valence-electron chi connectivity index (χ3n) is 7.31. The fraction of sp³-hybridized carbons (Fsp3) is 0.393. The summed E-state index contributed by atoms with van der Waals surface area (Å²) < 4.78 is 33.8. The average molecular weight is 586 g/mol. The number of fused-ring (bicyclic) bond motifs is 1. The number of nitrogens with zero attached hydrogens (tertiary/aromatic N) is 3. The van der Waals surface area contributed by atoms with E-state index in [0.717, 1.165) is 24.0 Å². The molecule has 1 aromatic heterocycles. The van der Waals surface area contributed by atoms with Gasteiger partial charge in [-0.3, -0.25) is 4.79 Å². The first-order valence-corrected chi connectivity index (χ1v) is 15.0. The Kier molecular flexibility index (Phi) is 8.39. The van der Waals surface area contributed by atoms with Gasteiger partial charge in [-0.15, -0.1) is 0 Å². The second-order valence-corrected chi connectivity index (χ2v) is 12.4. The summed E-state index contributed by atoms with van der Waals surface area (Å²) in [7, 11) is -3.99. The number of rotatable bonds is 8. The molecule has 0 bridgehead atoms. The Hall–Kier alpha value is -3.09. The highest BCUT2D eigenvalue weighted by atomic mass is 35.5. The Labute approximate surface area is 238 Å². The summed E-state index contributed by atoms with van der Waals surface area (Å²) in [4.78, 5) is 22.1. The van der Waals surface area contributed by atoms with Gasteiger partial charge in [0, 0.05) is 31.4 Å². The van der Waals surface area contributed by atoms with E-state index in [0.29, 0.717) is 41.0 Å². The molecule has 0 saturated carbocycles. The van der Waals surface area contributed by atoms with Crippen LogP contribution in [0.4, 0.5) is 5.95 Å². The first kappa shape index (κ1) is 28.4. The van der Waals surface area contributed by atoms with Crippen LogP contribution < -0.4 is 10.6 Å². The van der Waals surface area contributed by atoms with Crippen LogP contribution >= 0.6 is 11.6 Å². The monoisotopic (exact) mass is 585 g/mol. The minimum absolute atomic E-state index is 0.0504. The smallest absolute Gasteiger partial charge is 0.244 e. The van der Waals surface area contributed by atoms with Gasteiger partial charge in [-0.05, 0) is 43.9 Å². The Bertz CT molecular complexity index is 1510. The van der Waals surface area contributed by atoms with Crippen molar-refractivity contribution in [1.29, 1.82) is 0 Å². The maximum Gasteiger partial charge on any atom is 0.244 e. The molecule has 2 aliphatic heterocycles. The number of sulfonamides is 1. The number of carbonyl (C=O) groups is 1. The molecule has 1 fully saturated rings. The fourth-order valence-electron chi connectivity index (χ4n) is 5.00. The molecule has 12 heteroatoms. The van der Waals surface area contributed by atoms with Crippen molar-refractivity contribution in [1.82, 2.24) is 19.6 Å². The van der Waals surface area contributed by atoms with Crippen LogP contribution in [0.15, 0.2) is 53.6 Å². The van der Waals surface area contributed by atoms with E-state index < -0.39 is 28.0 Å². The molecule has 1 amide bonds. The second kappa shape index (κ2) is 11.8. The highest BCUT2D eigenvalue weighted by molar-refractivity contribution is 7.89. The average Bonchev–Trinajstić information content (AvgIpc) is 3.22. The van der Waals surface area contributed by atoms with Gasteiger partial charge >= 0.3 is 0 Å². The van der Waals surface area contributed by atoms with Crippen molar-refractivity contribution in [2.45, 2.75) is 56.3 Å². The number of aromatic nitrogens is 2. The van der Waals surface area contributed by atoms with Gasteiger partial charge in [-0.25, -0.2) is 18.4 Å². The number of anilines is 1. The lowest BCUT2D eigenvalue weighted by Crippen LogP contribution is -2.46. The van der Waals surface area contributed by atoms with Crippen LogP contribution in [0, 0.1) is 6.92 Å². The summed E-state index contributed by atoms with van der Waals surface area (Å²) in [6.45, 7) is 4.53. The molecular weight excluding hydrogens is 554 g/mol. The minimum Gasteiger partial charge on any atom is -0.394 e. The first-order chi connectivity index (χ1) is 19.2. The summed E-state index contributed by atoms with van der Waals surface area (Å²) >= 11 is 6.43. The minimum atomic E-state index is -3.99. The van der Waals surface area contributed by atoms with E-state index in [1.54, 1.807) is 25.1 Å². The molecule has 2 atom stereocenters. The number of aliphatic hydroxyl groups excluding tert-OH is 1. The van der Waals surface area contributed by atoms with E-state index in [2.05, 4.69) is 20.6 Å². The fourth-order valence-corrected chi connectivity index (χ4v) is 7.02. The zero-order chi connectivity index (χ0) is 28.4. The molecule has 0 unspecified atom stereocenters. The highest BCUT2D eigenvalue weighted by Crippen LogP contribution is 2.36. The molecule has 0 radical (unpaired) electrons. The Balaban J connectivity index is 1.35. The Morgan fingerprint density at radius 2 is 2.00 bits per heavy atom. The number of aliphatic hydroxyl groups is 1. The maximum atomic E-state index is 13.6. The van der Waals surface area contributed by atoms with Crippen molar-refractivity contribution in [2.24, 2.45) is 0 Å². The Morgan fingerprint density at radius 1 is 1.23 bits per heavy atom. The molecule has 5 rings (SSSR count). The number of halogens is 1. The number of ether oxygens (including phenoxy) is 1. The van der Waals surface area contributed by atoms with Gasteiger partial charge in [0.1, 0.15) is 6.04 Å². The maximum absolute atomic E-state index is 13.6. The van der Waals surface area contributed by atoms with Gasteiger partial charge in [-0.2, -0.15) is 4.31 Å². The molecule has 2 aromatic carbocycles. The molecular formula is C28H32ClN5O5S. The number of hydrogen-bond donors (Lipinski definition) is 3. The standard InChI is InChI=1S/C28H32ClN5O5S/c1-17-4-3-5-19(12-17)24(16-35)32-27(36)18(2)34-15-21-7-6-20(13-25(21)40(34,37)38)26-23(29)14-30-28(33-26)31-22-8-10-39-11-9-22/h3-7,12-14,18,22,24,35H,8-11,15-16H2,1-2H3,(H,32,36)(H,30,31,33)/t18-,24-/m1/s1. The van der Waals surface area contributed by atoms with E-state index in [1.807, 2.05) is 31.2 Å².